The third-order valence-corrected chi connectivity index (χ3v) is 4.25. The van der Waals surface area contributed by atoms with Crippen LogP contribution < -0.4 is 4.74 Å². The van der Waals surface area contributed by atoms with Gasteiger partial charge in [-0.05, 0) is 44.0 Å². The zero-order valence-electron chi connectivity index (χ0n) is 15.8. The summed E-state index contributed by atoms with van der Waals surface area (Å²) in [6, 6.07) is 17.9. The Balaban J connectivity index is 1.68. The fraction of sp³-hybridized carbons (Fsp3) is 0.273. The van der Waals surface area contributed by atoms with Crippen LogP contribution in [-0.2, 0) is 11.3 Å². The summed E-state index contributed by atoms with van der Waals surface area (Å²) in [5.41, 5.74) is 2.63. The molecule has 0 radical (unpaired) electrons. The van der Waals surface area contributed by atoms with Crippen molar-refractivity contribution in [3.63, 3.8) is 0 Å². The fourth-order valence-electron chi connectivity index (χ4n) is 2.79. The second-order valence-corrected chi connectivity index (χ2v) is 6.66. The van der Waals surface area contributed by atoms with Gasteiger partial charge in [0.25, 0.3) is 0 Å². The maximum absolute atomic E-state index is 12.2. The van der Waals surface area contributed by atoms with E-state index in [4.69, 9.17) is 9.47 Å². The van der Waals surface area contributed by atoms with Crippen molar-refractivity contribution in [1.82, 2.24) is 9.55 Å². The lowest BCUT2D eigenvalue weighted by Gasteiger charge is -2.17. The van der Waals surface area contributed by atoms with Crippen LogP contribution >= 0.6 is 0 Å². The first kappa shape index (κ1) is 18.7. The van der Waals surface area contributed by atoms with Crippen LogP contribution in [0.25, 0.3) is 0 Å². The van der Waals surface area contributed by atoms with Gasteiger partial charge in [-0.25, -0.2) is 9.78 Å². The van der Waals surface area contributed by atoms with Gasteiger partial charge in [0, 0.05) is 0 Å². The lowest BCUT2D eigenvalue weighted by molar-refractivity contribution is 0.0364. The zero-order valence-corrected chi connectivity index (χ0v) is 15.8. The van der Waals surface area contributed by atoms with Crippen molar-refractivity contribution < 1.29 is 14.3 Å². The lowest BCUT2D eigenvalue weighted by Crippen LogP contribution is -2.18. The predicted molar refractivity (Wildman–Crippen MR) is 104 cm³/mol. The Morgan fingerprint density at radius 1 is 1.04 bits per heavy atom. The molecule has 0 aliphatic carbocycles. The molecular weight excluding hydrogens is 340 g/mol. The van der Waals surface area contributed by atoms with Gasteiger partial charge < -0.3 is 14.0 Å². The molecule has 140 valence electrons. The SMILES string of the molecule is CC(C)OC(=O)c1cncn1C(C)c1ccc(OCc2ccccc2)cc1. The van der Waals surface area contributed by atoms with Crippen molar-refractivity contribution in [1.29, 1.82) is 0 Å². The zero-order chi connectivity index (χ0) is 19.2. The molecule has 0 fully saturated rings. The molecule has 3 aromatic rings. The van der Waals surface area contributed by atoms with Gasteiger partial charge in [0.15, 0.2) is 0 Å². The average molecular weight is 364 g/mol. The smallest absolute Gasteiger partial charge is 0.356 e. The minimum Gasteiger partial charge on any atom is -0.489 e. The molecule has 0 aliphatic rings. The molecule has 1 atom stereocenters. The summed E-state index contributed by atoms with van der Waals surface area (Å²) < 4.78 is 12.9. The molecule has 0 amide bonds. The van der Waals surface area contributed by atoms with Crippen molar-refractivity contribution in [3.8, 4) is 5.75 Å². The molecule has 1 heterocycles. The number of carbonyl (C=O) groups excluding carboxylic acids is 1. The first-order chi connectivity index (χ1) is 13.0. The van der Waals surface area contributed by atoms with Crippen LogP contribution in [0.2, 0.25) is 0 Å². The number of hydrogen-bond donors (Lipinski definition) is 0. The molecule has 5 nitrogen and oxygen atoms in total. The van der Waals surface area contributed by atoms with Crippen molar-refractivity contribution >= 4 is 5.97 Å². The number of nitrogens with zero attached hydrogens (tertiary/aromatic N) is 2. The van der Waals surface area contributed by atoms with Crippen molar-refractivity contribution in [2.24, 2.45) is 0 Å². The molecule has 0 N–H and O–H groups in total. The average Bonchev–Trinajstić information content (AvgIpc) is 3.16. The second-order valence-electron chi connectivity index (χ2n) is 6.66. The van der Waals surface area contributed by atoms with Gasteiger partial charge in [-0.3, -0.25) is 0 Å². The van der Waals surface area contributed by atoms with E-state index in [9.17, 15) is 4.79 Å². The summed E-state index contributed by atoms with van der Waals surface area (Å²) in [5, 5.41) is 0. The summed E-state index contributed by atoms with van der Waals surface area (Å²) in [6.07, 6.45) is 3.03. The van der Waals surface area contributed by atoms with Gasteiger partial charge >= 0.3 is 5.97 Å². The minimum absolute atomic E-state index is 0.0506. The van der Waals surface area contributed by atoms with E-state index in [0.29, 0.717) is 12.3 Å². The topological polar surface area (TPSA) is 53.3 Å². The molecule has 0 saturated carbocycles. The van der Waals surface area contributed by atoms with Crippen LogP contribution in [0.1, 0.15) is 48.4 Å². The Kier molecular flexibility index (Phi) is 5.91. The van der Waals surface area contributed by atoms with Crippen LogP contribution in [0.4, 0.5) is 0 Å². The highest BCUT2D eigenvalue weighted by Gasteiger charge is 2.19. The first-order valence-corrected chi connectivity index (χ1v) is 9.04. The van der Waals surface area contributed by atoms with Gasteiger partial charge in [0.2, 0.25) is 0 Å². The molecule has 0 bridgehead atoms. The Hall–Kier alpha value is -3.08. The number of ether oxygens (including phenoxy) is 2. The maximum atomic E-state index is 12.2. The predicted octanol–water partition coefficient (Wildman–Crippen LogP) is 4.64. The third-order valence-electron chi connectivity index (χ3n) is 4.25. The van der Waals surface area contributed by atoms with Crippen molar-refractivity contribution in [2.45, 2.75) is 39.5 Å². The van der Waals surface area contributed by atoms with E-state index in [1.807, 2.05) is 79.9 Å². The van der Waals surface area contributed by atoms with Crippen LogP contribution in [0.5, 0.6) is 5.75 Å². The van der Waals surface area contributed by atoms with Crippen molar-refractivity contribution in [2.75, 3.05) is 0 Å². The monoisotopic (exact) mass is 364 g/mol. The number of benzene rings is 2. The van der Waals surface area contributed by atoms with Gasteiger partial charge in [-0.15, -0.1) is 0 Å². The standard InChI is InChI=1S/C22H24N2O3/c1-16(2)27-22(25)21-13-23-15-24(21)17(3)19-9-11-20(12-10-19)26-14-18-7-5-4-6-8-18/h4-13,15-17H,14H2,1-3H3. The highest BCUT2D eigenvalue weighted by Crippen LogP contribution is 2.23. The summed E-state index contributed by atoms with van der Waals surface area (Å²) in [5.74, 6) is 0.442. The largest absolute Gasteiger partial charge is 0.489 e. The second kappa shape index (κ2) is 8.54. The molecule has 1 unspecified atom stereocenters. The first-order valence-electron chi connectivity index (χ1n) is 9.04. The number of carbonyl (C=O) groups is 1. The van der Waals surface area contributed by atoms with Crippen LogP contribution in [0.3, 0.4) is 0 Å². The Morgan fingerprint density at radius 2 is 1.74 bits per heavy atom. The molecule has 5 heteroatoms. The number of rotatable bonds is 7. The lowest BCUT2D eigenvalue weighted by atomic mass is 10.1. The van der Waals surface area contributed by atoms with Gasteiger partial charge in [-0.1, -0.05) is 42.5 Å². The summed E-state index contributed by atoms with van der Waals surface area (Å²) in [6.45, 7) is 6.21. The molecule has 3 rings (SSSR count). The van der Waals surface area contributed by atoms with E-state index in [1.165, 1.54) is 0 Å². The Morgan fingerprint density at radius 3 is 2.41 bits per heavy atom. The highest BCUT2D eigenvalue weighted by molar-refractivity contribution is 5.87. The number of hydrogen-bond acceptors (Lipinski definition) is 4. The Bertz CT molecular complexity index is 870. The number of esters is 1. The van der Waals surface area contributed by atoms with E-state index in [2.05, 4.69) is 4.98 Å². The van der Waals surface area contributed by atoms with Crippen LogP contribution in [0.15, 0.2) is 67.1 Å². The third kappa shape index (κ3) is 4.76. The van der Waals surface area contributed by atoms with E-state index in [1.54, 1.807) is 12.5 Å². The summed E-state index contributed by atoms with van der Waals surface area (Å²) in [4.78, 5) is 16.4. The normalized spacial score (nSPS) is 12.0. The minimum atomic E-state index is -0.364. The molecule has 0 aliphatic heterocycles. The molecular formula is C22H24N2O3. The maximum Gasteiger partial charge on any atom is 0.356 e. The van der Waals surface area contributed by atoms with E-state index >= 15 is 0 Å². The summed E-state index contributed by atoms with van der Waals surface area (Å²) in [7, 11) is 0. The van der Waals surface area contributed by atoms with E-state index in [-0.39, 0.29) is 18.1 Å². The molecule has 0 spiro atoms. The summed E-state index contributed by atoms with van der Waals surface area (Å²) >= 11 is 0. The Labute approximate surface area is 159 Å². The highest BCUT2D eigenvalue weighted by atomic mass is 16.5. The van der Waals surface area contributed by atoms with Crippen LogP contribution in [0, 0.1) is 0 Å². The van der Waals surface area contributed by atoms with Gasteiger partial charge in [-0.2, -0.15) is 0 Å². The molecule has 1 aromatic heterocycles. The van der Waals surface area contributed by atoms with E-state index in [0.717, 1.165) is 16.9 Å². The molecule has 0 saturated heterocycles. The quantitative estimate of drug-likeness (QED) is 0.573. The molecule has 27 heavy (non-hydrogen) atoms. The van der Waals surface area contributed by atoms with E-state index < -0.39 is 0 Å². The number of imidazole rings is 1. The van der Waals surface area contributed by atoms with Crippen LogP contribution in [-0.4, -0.2) is 21.6 Å². The van der Waals surface area contributed by atoms with Crippen molar-refractivity contribution in [3.05, 3.63) is 83.9 Å². The van der Waals surface area contributed by atoms with Gasteiger partial charge in [0.05, 0.1) is 24.7 Å². The number of aromatic nitrogens is 2. The van der Waals surface area contributed by atoms with Gasteiger partial charge in [0.1, 0.15) is 18.1 Å². The fourth-order valence-corrected chi connectivity index (χ4v) is 2.79. The molecule has 2 aromatic carbocycles.